The van der Waals surface area contributed by atoms with Gasteiger partial charge >= 0.3 is 0 Å². The predicted molar refractivity (Wildman–Crippen MR) is 55.5 cm³/mol. The van der Waals surface area contributed by atoms with Crippen LogP contribution in [0.15, 0.2) is 0 Å². The summed E-state index contributed by atoms with van der Waals surface area (Å²) in [5.41, 5.74) is 0. The van der Waals surface area contributed by atoms with Crippen LogP contribution < -0.4 is 0 Å². The van der Waals surface area contributed by atoms with Gasteiger partial charge in [0, 0.05) is 12.6 Å². The van der Waals surface area contributed by atoms with E-state index in [-0.39, 0.29) is 0 Å². The Morgan fingerprint density at radius 3 is 2.69 bits per heavy atom. The van der Waals surface area contributed by atoms with E-state index >= 15 is 0 Å². The third-order valence-corrected chi connectivity index (χ3v) is 2.68. The molecule has 0 aromatic carbocycles. The van der Waals surface area contributed by atoms with Crippen LogP contribution in [0.1, 0.15) is 52.9 Å². The molecule has 2 nitrogen and oxygen atoms in total. The number of hydrogen-bond donors (Lipinski definition) is 0. The van der Waals surface area contributed by atoms with E-state index in [0.29, 0.717) is 12.1 Å². The molecule has 2 heteroatoms. The third kappa shape index (κ3) is 3.28. The van der Waals surface area contributed by atoms with Crippen LogP contribution in [0.25, 0.3) is 0 Å². The van der Waals surface area contributed by atoms with Crippen molar-refractivity contribution in [3.05, 3.63) is 0 Å². The van der Waals surface area contributed by atoms with Gasteiger partial charge in [-0.15, -0.1) is 0 Å². The molecule has 0 N–H and O–H groups in total. The summed E-state index contributed by atoms with van der Waals surface area (Å²) < 4.78 is 0. The summed E-state index contributed by atoms with van der Waals surface area (Å²) in [7, 11) is 0. The van der Waals surface area contributed by atoms with Crippen LogP contribution in [-0.2, 0) is 4.84 Å². The lowest BCUT2D eigenvalue weighted by Gasteiger charge is -2.21. The van der Waals surface area contributed by atoms with Crippen molar-refractivity contribution in [2.75, 3.05) is 6.54 Å². The SMILES string of the molecule is CCCCN1OC(C)CC1CCC. The molecule has 1 fully saturated rings. The van der Waals surface area contributed by atoms with Crippen molar-refractivity contribution in [3.8, 4) is 0 Å². The van der Waals surface area contributed by atoms with Gasteiger partial charge in [0.25, 0.3) is 0 Å². The number of nitrogens with zero attached hydrogens (tertiary/aromatic N) is 1. The monoisotopic (exact) mass is 185 g/mol. The Morgan fingerprint density at radius 2 is 2.08 bits per heavy atom. The minimum Gasteiger partial charge on any atom is -0.296 e. The van der Waals surface area contributed by atoms with Crippen LogP contribution in [0.3, 0.4) is 0 Å². The highest BCUT2D eigenvalue weighted by atomic mass is 16.7. The van der Waals surface area contributed by atoms with Gasteiger partial charge in [0.15, 0.2) is 0 Å². The van der Waals surface area contributed by atoms with E-state index in [1.54, 1.807) is 0 Å². The summed E-state index contributed by atoms with van der Waals surface area (Å²) in [6.45, 7) is 7.77. The Kier molecular flexibility index (Phi) is 4.74. The molecule has 78 valence electrons. The van der Waals surface area contributed by atoms with Gasteiger partial charge in [0.1, 0.15) is 0 Å². The summed E-state index contributed by atoms with van der Waals surface area (Å²) in [5.74, 6) is 0. The van der Waals surface area contributed by atoms with Crippen molar-refractivity contribution in [3.63, 3.8) is 0 Å². The molecular formula is C11H23NO. The van der Waals surface area contributed by atoms with Gasteiger partial charge in [-0.1, -0.05) is 26.7 Å². The summed E-state index contributed by atoms with van der Waals surface area (Å²) in [6, 6.07) is 0.687. The Balaban J connectivity index is 2.31. The van der Waals surface area contributed by atoms with Crippen LogP contribution in [0.4, 0.5) is 0 Å². The van der Waals surface area contributed by atoms with Crippen molar-refractivity contribution in [1.29, 1.82) is 0 Å². The standard InChI is InChI=1S/C11H23NO/c1-4-6-8-12-11(7-5-2)9-10(3)13-12/h10-11H,4-9H2,1-3H3. The highest BCUT2D eigenvalue weighted by Crippen LogP contribution is 2.24. The van der Waals surface area contributed by atoms with Gasteiger partial charge in [0.05, 0.1) is 6.10 Å². The van der Waals surface area contributed by atoms with Crippen LogP contribution in [0.5, 0.6) is 0 Å². The van der Waals surface area contributed by atoms with Gasteiger partial charge in [-0.3, -0.25) is 4.84 Å². The fourth-order valence-corrected chi connectivity index (χ4v) is 2.01. The first kappa shape index (κ1) is 11.0. The van der Waals surface area contributed by atoms with E-state index in [4.69, 9.17) is 4.84 Å². The molecule has 13 heavy (non-hydrogen) atoms. The molecule has 1 aliphatic rings. The molecule has 0 aromatic rings. The van der Waals surface area contributed by atoms with Crippen LogP contribution in [-0.4, -0.2) is 23.8 Å². The van der Waals surface area contributed by atoms with Gasteiger partial charge in [0.2, 0.25) is 0 Å². The molecule has 0 saturated carbocycles. The van der Waals surface area contributed by atoms with Crippen molar-refractivity contribution < 1.29 is 4.84 Å². The lowest BCUT2D eigenvalue weighted by Crippen LogP contribution is -2.29. The lowest BCUT2D eigenvalue weighted by atomic mass is 10.1. The molecule has 2 atom stereocenters. The minimum absolute atomic E-state index is 0.438. The van der Waals surface area contributed by atoms with Gasteiger partial charge in [-0.25, -0.2) is 0 Å². The van der Waals surface area contributed by atoms with E-state index in [9.17, 15) is 0 Å². The van der Waals surface area contributed by atoms with Crippen molar-refractivity contribution >= 4 is 0 Å². The summed E-state index contributed by atoms with van der Waals surface area (Å²) in [4.78, 5) is 5.76. The van der Waals surface area contributed by atoms with Crippen molar-refractivity contribution in [2.45, 2.75) is 65.0 Å². The first-order valence-corrected chi connectivity index (χ1v) is 5.71. The quantitative estimate of drug-likeness (QED) is 0.653. The van der Waals surface area contributed by atoms with Crippen molar-refractivity contribution in [2.24, 2.45) is 0 Å². The van der Waals surface area contributed by atoms with Gasteiger partial charge in [-0.05, 0) is 26.2 Å². The maximum absolute atomic E-state index is 5.76. The summed E-state index contributed by atoms with van der Waals surface area (Å²) in [5, 5.41) is 2.22. The number of hydrogen-bond acceptors (Lipinski definition) is 2. The Hall–Kier alpha value is -0.0800. The van der Waals surface area contributed by atoms with Crippen LogP contribution in [0.2, 0.25) is 0 Å². The molecule has 0 bridgehead atoms. The van der Waals surface area contributed by atoms with Crippen molar-refractivity contribution in [1.82, 2.24) is 5.06 Å². The zero-order valence-corrected chi connectivity index (χ0v) is 9.25. The molecule has 0 spiro atoms. The Morgan fingerprint density at radius 1 is 1.31 bits per heavy atom. The predicted octanol–water partition coefficient (Wildman–Crippen LogP) is 2.98. The molecule has 0 aliphatic carbocycles. The summed E-state index contributed by atoms with van der Waals surface area (Å²) in [6.07, 6.45) is 6.73. The fourth-order valence-electron chi connectivity index (χ4n) is 2.01. The smallest absolute Gasteiger partial charge is 0.0781 e. The zero-order valence-electron chi connectivity index (χ0n) is 9.25. The molecule has 0 aromatic heterocycles. The Labute approximate surface area is 82.2 Å². The number of unbranched alkanes of at least 4 members (excludes halogenated alkanes) is 1. The molecular weight excluding hydrogens is 162 g/mol. The molecule has 1 heterocycles. The third-order valence-electron chi connectivity index (χ3n) is 2.68. The lowest BCUT2D eigenvalue weighted by molar-refractivity contribution is -0.159. The second kappa shape index (κ2) is 5.61. The number of rotatable bonds is 5. The largest absolute Gasteiger partial charge is 0.296 e. The van der Waals surface area contributed by atoms with Gasteiger partial charge < -0.3 is 0 Å². The number of hydroxylamine groups is 2. The highest BCUT2D eigenvalue weighted by Gasteiger charge is 2.29. The first-order chi connectivity index (χ1) is 6.27. The molecule has 0 amide bonds. The Bertz CT molecular complexity index is 138. The van der Waals surface area contributed by atoms with E-state index < -0.39 is 0 Å². The summed E-state index contributed by atoms with van der Waals surface area (Å²) >= 11 is 0. The molecule has 0 radical (unpaired) electrons. The van der Waals surface area contributed by atoms with E-state index in [1.807, 2.05) is 0 Å². The maximum atomic E-state index is 5.76. The molecule has 1 aliphatic heterocycles. The van der Waals surface area contributed by atoms with E-state index in [0.717, 1.165) is 6.54 Å². The topological polar surface area (TPSA) is 12.5 Å². The van der Waals surface area contributed by atoms with Crippen LogP contribution >= 0.6 is 0 Å². The maximum Gasteiger partial charge on any atom is 0.0781 e. The normalized spacial score (nSPS) is 29.8. The first-order valence-electron chi connectivity index (χ1n) is 5.71. The molecule has 2 unspecified atom stereocenters. The zero-order chi connectivity index (χ0) is 9.68. The fraction of sp³-hybridized carbons (Fsp3) is 1.00. The second-order valence-electron chi connectivity index (χ2n) is 4.09. The van der Waals surface area contributed by atoms with Gasteiger partial charge in [-0.2, -0.15) is 5.06 Å². The van der Waals surface area contributed by atoms with E-state index in [1.165, 1.54) is 32.1 Å². The average Bonchev–Trinajstić information content (AvgIpc) is 2.44. The molecule has 1 saturated heterocycles. The second-order valence-corrected chi connectivity index (χ2v) is 4.09. The molecule has 1 rings (SSSR count). The van der Waals surface area contributed by atoms with Crippen LogP contribution in [0, 0.1) is 0 Å². The van der Waals surface area contributed by atoms with E-state index in [2.05, 4.69) is 25.8 Å². The minimum atomic E-state index is 0.438. The average molecular weight is 185 g/mol. The highest BCUT2D eigenvalue weighted by molar-refractivity contribution is 4.74.